The quantitative estimate of drug-likeness (QED) is 0.532. The van der Waals surface area contributed by atoms with Gasteiger partial charge in [0.2, 0.25) is 5.91 Å². The van der Waals surface area contributed by atoms with E-state index in [2.05, 4.69) is 16.2 Å². The molecule has 0 aromatic heterocycles. The van der Waals surface area contributed by atoms with Gasteiger partial charge in [0.1, 0.15) is 5.82 Å². The number of hydrogen-bond donors (Lipinski definition) is 3. The van der Waals surface area contributed by atoms with Crippen LogP contribution in [-0.4, -0.2) is 17.6 Å². The molecule has 8 heteroatoms. The average Bonchev–Trinajstić information content (AvgIpc) is 2.58. The van der Waals surface area contributed by atoms with E-state index in [0.717, 1.165) is 12.0 Å². The molecule has 0 aliphatic heterocycles. The van der Waals surface area contributed by atoms with E-state index in [1.54, 1.807) is 0 Å². The van der Waals surface area contributed by atoms with Crippen molar-refractivity contribution >= 4 is 46.4 Å². The summed E-state index contributed by atoms with van der Waals surface area (Å²) in [6, 6.07) is 11.8. The molecular weight excluding hydrogens is 384 g/mol. The minimum atomic E-state index is -0.522. The van der Waals surface area contributed by atoms with Crippen molar-refractivity contribution in [1.29, 1.82) is 0 Å². The fourth-order valence-corrected chi connectivity index (χ4v) is 2.56. The van der Waals surface area contributed by atoms with Crippen molar-refractivity contribution in [1.82, 2.24) is 16.2 Å². The summed E-state index contributed by atoms with van der Waals surface area (Å²) in [6.45, 7) is 0.586. The molecule has 25 heavy (non-hydrogen) atoms. The van der Waals surface area contributed by atoms with Crippen molar-refractivity contribution in [3.05, 3.63) is 69.5 Å². The third kappa shape index (κ3) is 6.49. The number of amides is 1. The van der Waals surface area contributed by atoms with Crippen LogP contribution < -0.4 is 16.2 Å². The van der Waals surface area contributed by atoms with Gasteiger partial charge in [-0.05, 0) is 48.5 Å². The number of halogens is 3. The molecule has 2 rings (SSSR count). The summed E-state index contributed by atoms with van der Waals surface area (Å²) in [4.78, 5) is 11.8. The Morgan fingerprint density at radius 2 is 1.80 bits per heavy atom. The number of carbonyl (C=O) groups is 1. The highest BCUT2D eigenvalue weighted by atomic mass is 35.5. The lowest BCUT2D eigenvalue weighted by Gasteiger charge is -2.12. The monoisotopic (exact) mass is 399 g/mol. The van der Waals surface area contributed by atoms with Crippen molar-refractivity contribution in [3.8, 4) is 0 Å². The first-order valence-electron chi connectivity index (χ1n) is 7.45. The summed E-state index contributed by atoms with van der Waals surface area (Å²) in [6.07, 6.45) is 0.559. The van der Waals surface area contributed by atoms with E-state index in [0.29, 0.717) is 11.6 Å². The fourth-order valence-electron chi connectivity index (χ4n) is 2.05. The molecule has 0 unspecified atom stereocenters. The number of thiocarbonyl (C=S) groups is 1. The average molecular weight is 400 g/mol. The molecule has 0 radical (unpaired) electrons. The predicted molar refractivity (Wildman–Crippen MR) is 102 cm³/mol. The van der Waals surface area contributed by atoms with Gasteiger partial charge in [-0.15, -0.1) is 0 Å². The van der Waals surface area contributed by atoms with Gasteiger partial charge in [-0.1, -0.05) is 41.4 Å². The molecule has 3 N–H and O–H groups in total. The summed E-state index contributed by atoms with van der Waals surface area (Å²) in [5, 5.41) is 4.12. The normalized spacial score (nSPS) is 10.2. The summed E-state index contributed by atoms with van der Waals surface area (Å²) in [7, 11) is 0. The largest absolute Gasteiger partial charge is 0.361 e. The highest BCUT2D eigenvalue weighted by molar-refractivity contribution is 7.80. The van der Waals surface area contributed by atoms with E-state index in [4.69, 9.17) is 35.4 Å². The van der Waals surface area contributed by atoms with Crippen LogP contribution in [0.2, 0.25) is 10.0 Å². The van der Waals surface area contributed by atoms with E-state index < -0.39 is 11.7 Å². The Morgan fingerprint density at radius 1 is 1.08 bits per heavy atom. The fraction of sp³-hybridized carbons (Fsp3) is 0.176. The number of nitrogens with one attached hydrogen (secondary N) is 3. The van der Waals surface area contributed by atoms with Gasteiger partial charge in [-0.2, -0.15) is 0 Å². The van der Waals surface area contributed by atoms with Crippen molar-refractivity contribution in [2.45, 2.75) is 12.8 Å². The molecule has 1 amide bonds. The molecule has 0 heterocycles. The molecule has 4 nitrogen and oxygen atoms in total. The predicted octanol–water partition coefficient (Wildman–Crippen LogP) is 3.41. The number of rotatable bonds is 5. The Hall–Kier alpha value is -1.89. The van der Waals surface area contributed by atoms with Crippen LogP contribution in [0, 0.1) is 5.82 Å². The van der Waals surface area contributed by atoms with E-state index in [9.17, 15) is 9.18 Å². The minimum Gasteiger partial charge on any atom is -0.361 e. The van der Waals surface area contributed by atoms with Gasteiger partial charge in [0, 0.05) is 22.2 Å². The zero-order valence-corrected chi connectivity index (χ0v) is 15.4. The van der Waals surface area contributed by atoms with E-state index >= 15 is 0 Å². The van der Waals surface area contributed by atoms with Gasteiger partial charge in [0.25, 0.3) is 0 Å². The van der Waals surface area contributed by atoms with Crippen molar-refractivity contribution in [2.75, 3.05) is 6.54 Å². The second-order valence-electron chi connectivity index (χ2n) is 5.18. The first-order chi connectivity index (χ1) is 12.0. The van der Waals surface area contributed by atoms with Crippen LogP contribution in [0.1, 0.15) is 11.1 Å². The Morgan fingerprint density at radius 3 is 2.48 bits per heavy atom. The maximum Gasteiger partial charge on any atom is 0.242 e. The summed E-state index contributed by atoms with van der Waals surface area (Å²) in [5.41, 5.74) is 6.23. The molecular formula is C17H16Cl2FN3OS. The highest BCUT2D eigenvalue weighted by Crippen LogP contribution is 2.19. The molecule has 0 saturated heterocycles. The molecule has 2 aromatic rings. The lowest BCUT2D eigenvalue weighted by Crippen LogP contribution is -2.47. The van der Waals surface area contributed by atoms with Crippen LogP contribution in [0.5, 0.6) is 0 Å². The Kier molecular flexibility index (Phi) is 7.43. The van der Waals surface area contributed by atoms with Gasteiger partial charge in [0.15, 0.2) is 5.11 Å². The molecule has 132 valence electrons. The zero-order valence-electron chi connectivity index (χ0n) is 13.1. The molecule has 0 saturated carbocycles. The molecule has 0 bridgehead atoms. The lowest BCUT2D eigenvalue weighted by atomic mass is 10.1. The number of carbonyl (C=O) groups excluding carboxylic acids is 1. The van der Waals surface area contributed by atoms with Crippen molar-refractivity contribution in [3.63, 3.8) is 0 Å². The van der Waals surface area contributed by atoms with Crippen LogP contribution >= 0.6 is 35.4 Å². The van der Waals surface area contributed by atoms with Crippen molar-refractivity contribution in [2.24, 2.45) is 0 Å². The summed E-state index contributed by atoms with van der Waals surface area (Å²) < 4.78 is 13.6. The van der Waals surface area contributed by atoms with Crippen molar-refractivity contribution < 1.29 is 9.18 Å². The highest BCUT2D eigenvalue weighted by Gasteiger charge is 2.11. The number of hydrogen-bond acceptors (Lipinski definition) is 2. The first kappa shape index (κ1) is 19.4. The van der Waals surface area contributed by atoms with E-state index in [1.165, 1.54) is 18.2 Å². The third-order valence-electron chi connectivity index (χ3n) is 3.33. The SMILES string of the molecule is O=C(Cc1c(F)cccc1Cl)NNC(=S)NCCc1ccc(Cl)cc1. The van der Waals surface area contributed by atoms with Crippen LogP contribution in [0.25, 0.3) is 0 Å². The molecule has 0 spiro atoms. The minimum absolute atomic E-state index is 0.144. The topological polar surface area (TPSA) is 53.2 Å². The lowest BCUT2D eigenvalue weighted by molar-refractivity contribution is -0.121. The van der Waals surface area contributed by atoms with Gasteiger partial charge < -0.3 is 5.32 Å². The standard InChI is InChI=1S/C17H16Cl2FN3OS/c18-12-6-4-11(5-7-12)8-9-21-17(25)23-22-16(24)10-13-14(19)2-1-3-15(13)20/h1-7H,8-10H2,(H,22,24)(H2,21,23,25). The van der Waals surface area contributed by atoms with Crippen LogP contribution in [0.15, 0.2) is 42.5 Å². The van der Waals surface area contributed by atoms with Gasteiger partial charge in [0.05, 0.1) is 6.42 Å². The zero-order chi connectivity index (χ0) is 18.2. The van der Waals surface area contributed by atoms with E-state index in [1.807, 2.05) is 24.3 Å². The maximum absolute atomic E-state index is 13.6. The van der Waals surface area contributed by atoms with Gasteiger partial charge >= 0.3 is 0 Å². The summed E-state index contributed by atoms with van der Waals surface area (Å²) >= 11 is 16.8. The second-order valence-corrected chi connectivity index (χ2v) is 6.43. The van der Waals surface area contributed by atoms with Gasteiger partial charge in [-0.3, -0.25) is 15.6 Å². The Bertz CT molecular complexity index is 736. The van der Waals surface area contributed by atoms with Crippen LogP contribution in [0.3, 0.4) is 0 Å². The van der Waals surface area contributed by atoms with Gasteiger partial charge in [-0.25, -0.2) is 4.39 Å². The Balaban J connectivity index is 1.70. The Labute approximate surface area is 160 Å². The third-order valence-corrected chi connectivity index (χ3v) is 4.18. The maximum atomic E-state index is 13.6. The second kappa shape index (κ2) is 9.56. The smallest absolute Gasteiger partial charge is 0.242 e. The number of benzene rings is 2. The molecule has 0 aliphatic carbocycles. The van der Waals surface area contributed by atoms with Crippen LogP contribution in [-0.2, 0) is 17.6 Å². The number of hydrazine groups is 1. The molecule has 0 aliphatic rings. The molecule has 0 fully saturated rings. The van der Waals surface area contributed by atoms with Crippen LogP contribution in [0.4, 0.5) is 4.39 Å². The van der Waals surface area contributed by atoms with E-state index in [-0.39, 0.29) is 22.1 Å². The molecule has 2 aromatic carbocycles. The molecule has 0 atom stereocenters. The first-order valence-corrected chi connectivity index (χ1v) is 8.62. The summed E-state index contributed by atoms with van der Waals surface area (Å²) in [5.74, 6) is -0.972.